The molecule has 6 heteroatoms. The van der Waals surface area contributed by atoms with Crippen LogP contribution in [0.15, 0.2) is 72.0 Å². The van der Waals surface area contributed by atoms with E-state index in [1.807, 2.05) is 44.2 Å². The van der Waals surface area contributed by atoms with Crippen molar-refractivity contribution in [1.82, 2.24) is 4.98 Å². The predicted octanol–water partition coefficient (Wildman–Crippen LogP) is 7.55. The van der Waals surface area contributed by atoms with Crippen LogP contribution >= 0.6 is 0 Å². The van der Waals surface area contributed by atoms with E-state index in [0.717, 1.165) is 24.1 Å². The van der Waals surface area contributed by atoms with Gasteiger partial charge < -0.3 is 4.74 Å². The van der Waals surface area contributed by atoms with E-state index in [2.05, 4.69) is 9.98 Å². The van der Waals surface area contributed by atoms with Gasteiger partial charge in [-0.1, -0.05) is 38.1 Å². The summed E-state index contributed by atoms with van der Waals surface area (Å²) < 4.78 is 45.7. The van der Waals surface area contributed by atoms with Crippen LogP contribution in [-0.4, -0.2) is 10.7 Å². The molecule has 0 amide bonds. The van der Waals surface area contributed by atoms with Crippen molar-refractivity contribution in [1.29, 1.82) is 0 Å². The molecule has 1 heterocycles. The van der Waals surface area contributed by atoms with Crippen LogP contribution in [0, 0.1) is 0 Å². The smallest absolute Gasteiger partial charge is 0.416 e. The summed E-state index contributed by atoms with van der Waals surface area (Å²) >= 11 is 0. The van der Waals surface area contributed by atoms with Gasteiger partial charge in [0.05, 0.1) is 17.4 Å². The van der Waals surface area contributed by atoms with Crippen molar-refractivity contribution in [3.63, 3.8) is 0 Å². The Hall–Kier alpha value is -3.15. The van der Waals surface area contributed by atoms with E-state index < -0.39 is 11.7 Å². The molecule has 0 aliphatic heterocycles. The maximum Gasteiger partial charge on any atom is 0.416 e. The number of hydrogen-bond acceptors (Lipinski definition) is 3. The monoisotopic (exact) mass is 412 g/mol. The minimum Gasteiger partial charge on any atom is -0.455 e. The van der Waals surface area contributed by atoms with Gasteiger partial charge in [0.15, 0.2) is 5.75 Å². The first-order chi connectivity index (χ1) is 14.3. The van der Waals surface area contributed by atoms with Crippen LogP contribution in [0.3, 0.4) is 0 Å². The summed E-state index contributed by atoms with van der Waals surface area (Å²) in [5.74, 6) is 1.21. The van der Waals surface area contributed by atoms with Crippen LogP contribution < -0.4 is 4.74 Å². The third-order valence-electron chi connectivity index (χ3n) is 4.93. The minimum atomic E-state index is -4.43. The van der Waals surface area contributed by atoms with Gasteiger partial charge in [0.1, 0.15) is 5.75 Å². The first-order valence-electron chi connectivity index (χ1n) is 9.73. The number of rotatable bonds is 6. The van der Waals surface area contributed by atoms with Gasteiger partial charge in [-0.05, 0) is 55.2 Å². The summed E-state index contributed by atoms with van der Waals surface area (Å²) in [6.07, 6.45) is -0.452. The Kier molecular flexibility index (Phi) is 6.55. The van der Waals surface area contributed by atoms with Crippen molar-refractivity contribution in [2.45, 2.75) is 39.3 Å². The van der Waals surface area contributed by atoms with Crippen LogP contribution in [0.4, 0.5) is 18.9 Å². The van der Waals surface area contributed by atoms with Gasteiger partial charge in [-0.3, -0.25) is 9.98 Å². The van der Waals surface area contributed by atoms with E-state index in [4.69, 9.17) is 4.74 Å². The van der Waals surface area contributed by atoms with Crippen molar-refractivity contribution >= 4 is 11.4 Å². The number of ether oxygens (including phenoxy) is 1. The number of pyridine rings is 1. The third-order valence-corrected chi connectivity index (χ3v) is 4.93. The van der Waals surface area contributed by atoms with Crippen molar-refractivity contribution in [3.05, 3.63) is 83.7 Å². The lowest BCUT2D eigenvalue weighted by molar-refractivity contribution is -0.137. The number of benzene rings is 2. The van der Waals surface area contributed by atoms with Gasteiger partial charge in [0.25, 0.3) is 0 Å². The van der Waals surface area contributed by atoms with E-state index in [1.165, 1.54) is 6.07 Å². The molecule has 2 aromatic carbocycles. The molecule has 156 valence electrons. The maximum atomic E-state index is 13.3. The second kappa shape index (κ2) is 9.11. The Balaban J connectivity index is 2.05. The van der Waals surface area contributed by atoms with Gasteiger partial charge in [-0.25, -0.2) is 0 Å². The number of aromatic nitrogens is 1. The number of alkyl halides is 3. The Morgan fingerprint density at radius 2 is 1.83 bits per heavy atom. The zero-order valence-corrected chi connectivity index (χ0v) is 17.1. The molecule has 0 fully saturated rings. The predicted molar refractivity (Wildman–Crippen MR) is 113 cm³/mol. The first-order valence-corrected chi connectivity index (χ1v) is 9.73. The fourth-order valence-electron chi connectivity index (χ4n) is 3.07. The number of hydrogen-bond donors (Lipinski definition) is 0. The molecule has 1 aromatic heterocycles. The van der Waals surface area contributed by atoms with Gasteiger partial charge in [0, 0.05) is 17.5 Å². The Morgan fingerprint density at radius 3 is 2.50 bits per heavy atom. The highest BCUT2D eigenvalue weighted by Crippen LogP contribution is 2.37. The summed E-state index contributed by atoms with van der Waals surface area (Å²) in [5.41, 5.74) is 1.61. The summed E-state index contributed by atoms with van der Waals surface area (Å²) in [6, 6.07) is 14.7. The largest absolute Gasteiger partial charge is 0.455 e. The average molecular weight is 412 g/mol. The third kappa shape index (κ3) is 5.06. The number of para-hydroxylation sites is 1. The van der Waals surface area contributed by atoms with Crippen molar-refractivity contribution < 1.29 is 17.9 Å². The normalized spacial score (nSPS) is 13.2. The molecule has 3 rings (SSSR count). The molecule has 0 spiro atoms. The highest BCUT2D eigenvalue weighted by atomic mass is 19.4. The molecule has 0 bridgehead atoms. The summed E-state index contributed by atoms with van der Waals surface area (Å²) in [7, 11) is 0. The van der Waals surface area contributed by atoms with E-state index in [0.29, 0.717) is 28.5 Å². The van der Waals surface area contributed by atoms with Crippen molar-refractivity contribution in [2.75, 3.05) is 0 Å². The molecular weight excluding hydrogens is 389 g/mol. The molecule has 0 aliphatic rings. The molecular formula is C24H23F3N2O. The molecule has 0 aliphatic carbocycles. The number of aliphatic imine (C=N–C) groups is 1. The molecule has 3 aromatic rings. The number of nitrogens with zero attached hydrogens (tertiary/aromatic N) is 2. The molecule has 0 saturated carbocycles. The molecule has 3 nitrogen and oxygen atoms in total. The van der Waals surface area contributed by atoms with Gasteiger partial charge in [-0.2, -0.15) is 13.2 Å². The second-order valence-electron chi connectivity index (χ2n) is 7.06. The van der Waals surface area contributed by atoms with Gasteiger partial charge >= 0.3 is 6.18 Å². The molecule has 1 unspecified atom stereocenters. The molecule has 0 radical (unpaired) electrons. The van der Waals surface area contributed by atoms with Gasteiger partial charge in [-0.15, -0.1) is 0 Å². The van der Waals surface area contributed by atoms with E-state index in [9.17, 15) is 13.2 Å². The fraction of sp³-hybridized carbons (Fsp3) is 0.250. The lowest BCUT2D eigenvalue weighted by atomic mass is 9.95. The molecule has 0 N–H and O–H groups in total. The highest BCUT2D eigenvalue weighted by molar-refractivity contribution is 6.02. The Bertz CT molecular complexity index is 1030. The fourth-order valence-corrected chi connectivity index (χ4v) is 3.07. The lowest BCUT2D eigenvalue weighted by Gasteiger charge is -2.16. The average Bonchev–Trinajstić information content (AvgIpc) is 2.73. The molecule has 1 atom stereocenters. The Labute approximate surface area is 174 Å². The quantitative estimate of drug-likeness (QED) is 0.392. The zero-order chi connectivity index (χ0) is 21.7. The van der Waals surface area contributed by atoms with Crippen LogP contribution in [0.25, 0.3) is 0 Å². The first kappa shape index (κ1) is 21.6. The zero-order valence-electron chi connectivity index (χ0n) is 17.1. The minimum absolute atomic E-state index is 0.0799. The van der Waals surface area contributed by atoms with Crippen LogP contribution in [0.5, 0.6) is 11.5 Å². The van der Waals surface area contributed by atoms with Crippen LogP contribution in [-0.2, 0) is 6.18 Å². The standard InChI is InChI=1S/C24H23F3N2O/c1-4-16(2)20-11-10-18(24(25,26)27)14-22(20)29-17(3)21-12-13-28-15-23(21)30-19-8-6-5-7-9-19/h5-16H,4H2,1-3H3. The van der Waals surface area contributed by atoms with Crippen molar-refractivity contribution in [2.24, 2.45) is 4.99 Å². The summed E-state index contributed by atoms with van der Waals surface area (Å²) in [5, 5.41) is 0. The second-order valence-corrected chi connectivity index (χ2v) is 7.06. The van der Waals surface area contributed by atoms with E-state index >= 15 is 0 Å². The maximum absolute atomic E-state index is 13.3. The Morgan fingerprint density at radius 1 is 1.10 bits per heavy atom. The summed E-state index contributed by atoms with van der Waals surface area (Å²) in [4.78, 5) is 8.69. The number of halogens is 3. The van der Waals surface area contributed by atoms with Gasteiger partial charge in [0.2, 0.25) is 0 Å². The van der Waals surface area contributed by atoms with Crippen molar-refractivity contribution in [3.8, 4) is 11.5 Å². The topological polar surface area (TPSA) is 34.5 Å². The summed E-state index contributed by atoms with van der Waals surface area (Å²) in [6.45, 7) is 5.73. The van der Waals surface area contributed by atoms with Crippen LogP contribution in [0.2, 0.25) is 0 Å². The highest BCUT2D eigenvalue weighted by Gasteiger charge is 2.31. The molecule has 30 heavy (non-hydrogen) atoms. The van der Waals surface area contributed by atoms with Crippen LogP contribution in [0.1, 0.15) is 49.8 Å². The lowest BCUT2D eigenvalue weighted by Crippen LogP contribution is -2.06. The van der Waals surface area contributed by atoms with E-state index in [-0.39, 0.29) is 5.92 Å². The van der Waals surface area contributed by atoms with E-state index in [1.54, 1.807) is 25.4 Å². The SMILES string of the molecule is CCC(C)c1ccc(C(F)(F)F)cc1N=C(C)c1ccncc1Oc1ccccc1. The molecule has 0 saturated heterocycles.